The minimum Gasteiger partial charge on any atom is -0.465 e. The number of esters is 1. The van der Waals surface area contributed by atoms with Crippen molar-refractivity contribution in [1.29, 1.82) is 0 Å². The molecule has 18 heavy (non-hydrogen) atoms. The van der Waals surface area contributed by atoms with Crippen molar-refractivity contribution < 1.29 is 9.53 Å². The molecule has 96 valence electrons. The topological polar surface area (TPSA) is 59.7 Å². The summed E-state index contributed by atoms with van der Waals surface area (Å²) in [5.41, 5.74) is 0.974. The Bertz CT molecular complexity index is 562. The predicted octanol–water partition coefficient (Wildman–Crippen LogP) is 0.620. The normalized spacial score (nSPS) is 11.1. The third kappa shape index (κ3) is 2.48. The van der Waals surface area contributed by atoms with Crippen LogP contribution in [0, 0.1) is 0 Å². The molecule has 0 aliphatic rings. The number of methoxy groups -OCH3 is 1. The van der Waals surface area contributed by atoms with Crippen LogP contribution in [0.4, 0.5) is 0 Å². The van der Waals surface area contributed by atoms with Crippen molar-refractivity contribution in [3.63, 3.8) is 0 Å². The van der Waals surface area contributed by atoms with Gasteiger partial charge in [-0.3, -0.25) is 0 Å². The van der Waals surface area contributed by atoms with Gasteiger partial charge in [0, 0.05) is 19.2 Å². The SMILES string of the molecule is COC(=O)c1cccn2nc(CCN(C)C)nc12. The molecular formula is C12H16N4O2. The fraction of sp³-hybridized carbons (Fsp3) is 0.417. The molecule has 2 heterocycles. The van der Waals surface area contributed by atoms with Crippen molar-refractivity contribution in [2.24, 2.45) is 0 Å². The smallest absolute Gasteiger partial charge is 0.341 e. The van der Waals surface area contributed by atoms with Crippen LogP contribution in [0.5, 0.6) is 0 Å². The van der Waals surface area contributed by atoms with Crippen molar-refractivity contribution in [2.75, 3.05) is 27.7 Å². The molecule has 0 amide bonds. The average Bonchev–Trinajstić information content (AvgIpc) is 2.77. The third-order valence-electron chi connectivity index (χ3n) is 2.59. The fourth-order valence-electron chi connectivity index (χ4n) is 1.65. The van der Waals surface area contributed by atoms with Crippen LogP contribution >= 0.6 is 0 Å². The number of fused-ring (bicyclic) bond motifs is 1. The zero-order valence-electron chi connectivity index (χ0n) is 10.8. The van der Waals surface area contributed by atoms with E-state index in [-0.39, 0.29) is 0 Å². The highest BCUT2D eigenvalue weighted by molar-refractivity contribution is 5.95. The molecule has 0 saturated heterocycles. The molecule has 0 bridgehead atoms. The van der Waals surface area contributed by atoms with Crippen molar-refractivity contribution >= 4 is 11.6 Å². The van der Waals surface area contributed by atoms with Crippen LogP contribution in [0.15, 0.2) is 18.3 Å². The van der Waals surface area contributed by atoms with Crippen LogP contribution in [0.25, 0.3) is 5.65 Å². The number of nitrogens with zero attached hydrogens (tertiary/aromatic N) is 4. The Morgan fingerprint density at radius 1 is 1.50 bits per heavy atom. The standard InChI is InChI=1S/C12H16N4O2/c1-15(2)8-6-10-13-11-9(12(17)18-3)5-4-7-16(11)14-10/h4-5,7H,6,8H2,1-3H3. The first-order valence-corrected chi connectivity index (χ1v) is 5.69. The van der Waals surface area contributed by atoms with Crippen LogP contribution in [-0.4, -0.2) is 53.2 Å². The second-order valence-electron chi connectivity index (χ2n) is 4.26. The first kappa shape index (κ1) is 12.5. The van der Waals surface area contributed by atoms with Crippen LogP contribution in [-0.2, 0) is 11.2 Å². The summed E-state index contributed by atoms with van der Waals surface area (Å²) in [7, 11) is 5.35. The molecule has 0 N–H and O–H groups in total. The third-order valence-corrected chi connectivity index (χ3v) is 2.59. The van der Waals surface area contributed by atoms with E-state index in [1.54, 1.807) is 22.8 Å². The number of pyridine rings is 1. The van der Waals surface area contributed by atoms with Gasteiger partial charge in [-0.15, -0.1) is 0 Å². The number of hydrogen-bond donors (Lipinski definition) is 0. The molecule has 0 spiro atoms. The monoisotopic (exact) mass is 248 g/mol. The van der Waals surface area contributed by atoms with Crippen molar-refractivity contribution in [3.05, 3.63) is 29.7 Å². The van der Waals surface area contributed by atoms with Gasteiger partial charge in [-0.25, -0.2) is 14.3 Å². The lowest BCUT2D eigenvalue weighted by Crippen LogP contribution is -2.15. The summed E-state index contributed by atoms with van der Waals surface area (Å²) in [5.74, 6) is 0.326. The highest BCUT2D eigenvalue weighted by Gasteiger charge is 2.14. The molecule has 0 aromatic carbocycles. The lowest BCUT2D eigenvalue weighted by Gasteiger charge is -2.05. The van der Waals surface area contributed by atoms with Gasteiger partial charge in [-0.2, -0.15) is 5.10 Å². The number of likely N-dealkylation sites (N-methyl/N-ethyl adjacent to an activating group) is 1. The van der Waals surface area contributed by atoms with E-state index >= 15 is 0 Å². The number of rotatable bonds is 4. The Morgan fingerprint density at radius 3 is 2.94 bits per heavy atom. The molecule has 0 aliphatic heterocycles. The van der Waals surface area contributed by atoms with Gasteiger partial charge in [-0.1, -0.05) is 0 Å². The first-order valence-electron chi connectivity index (χ1n) is 5.69. The molecule has 2 rings (SSSR count). The zero-order chi connectivity index (χ0) is 13.1. The van der Waals surface area contributed by atoms with Crippen molar-refractivity contribution in [3.8, 4) is 0 Å². The summed E-state index contributed by atoms with van der Waals surface area (Å²) in [6, 6.07) is 3.44. The number of carbonyl (C=O) groups excluding carboxylic acids is 1. The summed E-state index contributed by atoms with van der Waals surface area (Å²) in [6.07, 6.45) is 2.52. The molecule has 2 aromatic rings. The number of carbonyl (C=O) groups is 1. The second kappa shape index (κ2) is 5.14. The Hall–Kier alpha value is -1.95. The first-order chi connectivity index (χ1) is 8.61. The summed E-state index contributed by atoms with van der Waals surface area (Å²) in [4.78, 5) is 18.0. The van der Waals surface area contributed by atoms with E-state index in [4.69, 9.17) is 4.74 Å². The summed E-state index contributed by atoms with van der Waals surface area (Å²) in [5, 5.41) is 4.33. The highest BCUT2D eigenvalue weighted by Crippen LogP contribution is 2.10. The Morgan fingerprint density at radius 2 is 2.28 bits per heavy atom. The maximum atomic E-state index is 11.6. The van der Waals surface area contributed by atoms with Crippen LogP contribution in [0.2, 0.25) is 0 Å². The van der Waals surface area contributed by atoms with E-state index in [1.165, 1.54) is 7.11 Å². The largest absolute Gasteiger partial charge is 0.465 e. The molecule has 2 aromatic heterocycles. The van der Waals surface area contributed by atoms with E-state index in [2.05, 4.69) is 15.0 Å². The average molecular weight is 248 g/mol. The number of ether oxygens (including phenoxy) is 1. The second-order valence-corrected chi connectivity index (χ2v) is 4.26. The Labute approximate surface area is 105 Å². The quantitative estimate of drug-likeness (QED) is 0.742. The van der Waals surface area contributed by atoms with Gasteiger partial charge in [-0.05, 0) is 26.2 Å². The molecule has 0 saturated carbocycles. The number of hydrogen-bond acceptors (Lipinski definition) is 5. The van der Waals surface area contributed by atoms with Gasteiger partial charge in [0.25, 0.3) is 0 Å². The van der Waals surface area contributed by atoms with E-state index in [0.717, 1.165) is 18.8 Å². The molecule has 0 aliphatic carbocycles. The van der Waals surface area contributed by atoms with Crippen LogP contribution in [0.1, 0.15) is 16.2 Å². The molecule has 0 fully saturated rings. The van der Waals surface area contributed by atoms with E-state index < -0.39 is 5.97 Å². The lowest BCUT2D eigenvalue weighted by atomic mass is 10.3. The van der Waals surface area contributed by atoms with Crippen LogP contribution in [0.3, 0.4) is 0 Å². The van der Waals surface area contributed by atoms with Crippen molar-refractivity contribution in [1.82, 2.24) is 19.5 Å². The lowest BCUT2D eigenvalue weighted by molar-refractivity contribution is 0.0602. The van der Waals surface area contributed by atoms with Crippen LogP contribution < -0.4 is 0 Å². The minimum atomic E-state index is -0.396. The van der Waals surface area contributed by atoms with Gasteiger partial charge in [0.1, 0.15) is 5.56 Å². The zero-order valence-corrected chi connectivity index (χ0v) is 10.8. The number of aromatic nitrogens is 3. The maximum absolute atomic E-state index is 11.6. The van der Waals surface area contributed by atoms with E-state index in [1.807, 2.05) is 14.1 Å². The van der Waals surface area contributed by atoms with Crippen molar-refractivity contribution in [2.45, 2.75) is 6.42 Å². The highest BCUT2D eigenvalue weighted by atomic mass is 16.5. The van der Waals surface area contributed by atoms with Gasteiger partial charge in [0.05, 0.1) is 7.11 Å². The van der Waals surface area contributed by atoms with Gasteiger partial charge < -0.3 is 9.64 Å². The van der Waals surface area contributed by atoms with Gasteiger partial charge in [0.15, 0.2) is 11.5 Å². The van der Waals surface area contributed by atoms with Gasteiger partial charge in [0.2, 0.25) is 0 Å². The molecule has 0 unspecified atom stereocenters. The Kier molecular flexibility index (Phi) is 3.57. The predicted molar refractivity (Wildman–Crippen MR) is 66.6 cm³/mol. The van der Waals surface area contributed by atoms with E-state index in [0.29, 0.717) is 11.2 Å². The van der Waals surface area contributed by atoms with E-state index in [9.17, 15) is 4.79 Å². The Balaban J connectivity index is 2.35. The summed E-state index contributed by atoms with van der Waals surface area (Å²) >= 11 is 0. The maximum Gasteiger partial charge on any atom is 0.341 e. The molecular weight excluding hydrogens is 232 g/mol. The fourth-order valence-corrected chi connectivity index (χ4v) is 1.65. The molecule has 6 nitrogen and oxygen atoms in total. The molecule has 0 atom stereocenters. The summed E-state index contributed by atoms with van der Waals surface area (Å²) < 4.78 is 6.33. The molecule has 6 heteroatoms. The minimum absolute atomic E-state index is 0.396. The van der Waals surface area contributed by atoms with Gasteiger partial charge >= 0.3 is 5.97 Å². The summed E-state index contributed by atoms with van der Waals surface area (Å²) in [6.45, 7) is 0.866. The molecule has 0 radical (unpaired) electrons.